The number of benzene rings is 1. The van der Waals surface area contributed by atoms with Gasteiger partial charge in [0.15, 0.2) is 0 Å². The van der Waals surface area contributed by atoms with Crippen LogP contribution < -0.4 is 10.0 Å². The maximum absolute atomic E-state index is 12.7. The number of amides is 1. The first-order chi connectivity index (χ1) is 11.5. The molecule has 0 saturated heterocycles. The van der Waals surface area contributed by atoms with E-state index >= 15 is 0 Å². The minimum absolute atomic E-state index is 0.0473. The summed E-state index contributed by atoms with van der Waals surface area (Å²) in [7, 11) is -4.24. The molecule has 0 saturated carbocycles. The van der Waals surface area contributed by atoms with Crippen molar-refractivity contribution in [2.24, 2.45) is 5.41 Å². The van der Waals surface area contributed by atoms with Crippen LogP contribution in [0.25, 0.3) is 0 Å². The summed E-state index contributed by atoms with van der Waals surface area (Å²) in [5.41, 5.74) is -1.68. The highest BCUT2D eigenvalue weighted by Gasteiger charge is 2.32. The van der Waals surface area contributed by atoms with E-state index in [0.29, 0.717) is 12.5 Å². The van der Waals surface area contributed by atoms with Crippen LogP contribution in [0, 0.1) is 5.41 Å². The molecule has 1 amide bonds. The lowest BCUT2D eigenvalue weighted by molar-refractivity contribution is -0.137. The van der Waals surface area contributed by atoms with E-state index in [9.17, 15) is 26.4 Å². The van der Waals surface area contributed by atoms with Crippen molar-refractivity contribution in [2.45, 2.75) is 57.7 Å². The van der Waals surface area contributed by atoms with Gasteiger partial charge in [-0.1, -0.05) is 26.8 Å². The van der Waals surface area contributed by atoms with Crippen LogP contribution in [0.5, 0.6) is 0 Å². The molecule has 1 aromatic rings. The molecule has 1 rings (SSSR count). The highest BCUT2D eigenvalue weighted by Crippen LogP contribution is 2.30. The molecular weight excluding hydrogens is 369 g/mol. The number of carbonyl (C=O) groups excluding carboxylic acids is 1. The number of carbonyl (C=O) groups is 1. The second kappa shape index (κ2) is 7.56. The van der Waals surface area contributed by atoms with Crippen LogP contribution in [0.15, 0.2) is 29.2 Å². The number of hydrogen-bond donors (Lipinski definition) is 2. The van der Waals surface area contributed by atoms with Gasteiger partial charge in [0.25, 0.3) is 0 Å². The summed E-state index contributed by atoms with van der Waals surface area (Å²) >= 11 is 0. The van der Waals surface area contributed by atoms with Gasteiger partial charge < -0.3 is 5.32 Å². The van der Waals surface area contributed by atoms with Crippen molar-refractivity contribution in [1.29, 1.82) is 0 Å². The number of rotatable bonds is 6. The molecule has 148 valence electrons. The van der Waals surface area contributed by atoms with Crippen molar-refractivity contribution in [1.82, 2.24) is 10.0 Å². The lowest BCUT2D eigenvalue weighted by atomic mass is 9.82. The average molecular weight is 394 g/mol. The summed E-state index contributed by atoms with van der Waals surface area (Å²) in [6, 6.07) is 3.35. The van der Waals surface area contributed by atoms with Crippen molar-refractivity contribution in [2.75, 3.05) is 6.54 Å². The highest BCUT2D eigenvalue weighted by atomic mass is 32.2. The highest BCUT2D eigenvalue weighted by molar-refractivity contribution is 7.89. The Morgan fingerprint density at radius 1 is 1.08 bits per heavy atom. The monoisotopic (exact) mass is 394 g/mol. The molecule has 0 spiro atoms. The van der Waals surface area contributed by atoms with Crippen molar-refractivity contribution < 1.29 is 26.4 Å². The van der Waals surface area contributed by atoms with Crippen LogP contribution in [0.1, 0.15) is 46.6 Å². The van der Waals surface area contributed by atoms with E-state index in [2.05, 4.69) is 5.32 Å². The predicted molar refractivity (Wildman–Crippen MR) is 92.9 cm³/mol. The van der Waals surface area contributed by atoms with Gasteiger partial charge in [0, 0.05) is 5.54 Å². The molecular formula is C17H25F3N2O3S. The Kier molecular flexibility index (Phi) is 6.52. The fraction of sp³-hybridized carbons (Fsp3) is 0.588. The lowest BCUT2D eigenvalue weighted by Crippen LogP contribution is -2.49. The largest absolute Gasteiger partial charge is 0.416 e. The van der Waals surface area contributed by atoms with Gasteiger partial charge in [0.2, 0.25) is 15.9 Å². The third-order valence-electron chi connectivity index (χ3n) is 3.34. The fourth-order valence-corrected chi connectivity index (χ4v) is 3.90. The molecule has 2 N–H and O–H groups in total. The zero-order chi connectivity index (χ0) is 20.4. The summed E-state index contributed by atoms with van der Waals surface area (Å²) < 4.78 is 64.5. The number of sulfonamides is 1. The van der Waals surface area contributed by atoms with E-state index in [4.69, 9.17) is 0 Å². The Morgan fingerprint density at radius 2 is 1.65 bits per heavy atom. The van der Waals surface area contributed by atoms with E-state index in [-0.39, 0.29) is 5.41 Å². The molecule has 1 aromatic carbocycles. The molecule has 0 aliphatic rings. The number of nitrogens with one attached hydrogen (secondary N) is 2. The van der Waals surface area contributed by atoms with Crippen LogP contribution in [-0.4, -0.2) is 26.4 Å². The maximum Gasteiger partial charge on any atom is 0.416 e. The van der Waals surface area contributed by atoms with Crippen LogP contribution in [-0.2, 0) is 21.0 Å². The first kappa shape index (κ1) is 22.4. The molecule has 0 radical (unpaired) electrons. The van der Waals surface area contributed by atoms with Gasteiger partial charge in [-0.15, -0.1) is 0 Å². The molecule has 0 atom stereocenters. The Labute approximate surface area is 152 Å². The Hall–Kier alpha value is -1.61. The summed E-state index contributed by atoms with van der Waals surface area (Å²) in [5.74, 6) is -0.560. The van der Waals surface area contributed by atoms with E-state index in [1.807, 2.05) is 39.3 Å². The smallest absolute Gasteiger partial charge is 0.350 e. The van der Waals surface area contributed by atoms with E-state index in [1.54, 1.807) is 0 Å². The van der Waals surface area contributed by atoms with Gasteiger partial charge in [-0.05, 0) is 43.9 Å². The molecule has 0 heterocycles. The molecule has 0 aliphatic carbocycles. The summed E-state index contributed by atoms with van der Waals surface area (Å²) in [4.78, 5) is 11.5. The Morgan fingerprint density at radius 3 is 2.15 bits per heavy atom. The van der Waals surface area contributed by atoms with Crippen LogP contribution in [0.3, 0.4) is 0 Å². The van der Waals surface area contributed by atoms with E-state index in [0.717, 1.165) is 18.2 Å². The average Bonchev–Trinajstić information content (AvgIpc) is 2.41. The standard InChI is InChI=1S/C17H25F3N2O3S/c1-15(2,3)11-16(4,5)22-14(23)10-21-26(24,25)13-8-6-7-12(9-13)17(18,19)20/h6-9,21H,10-11H2,1-5H3,(H,22,23). The van der Waals surface area contributed by atoms with Gasteiger partial charge in [0.1, 0.15) is 0 Å². The van der Waals surface area contributed by atoms with Crippen molar-refractivity contribution in [3.8, 4) is 0 Å². The van der Waals surface area contributed by atoms with E-state index < -0.39 is 44.6 Å². The third-order valence-corrected chi connectivity index (χ3v) is 4.74. The lowest BCUT2D eigenvalue weighted by Gasteiger charge is -2.33. The van der Waals surface area contributed by atoms with Crippen LogP contribution in [0.4, 0.5) is 13.2 Å². The van der Waals surface area contributed by atoms with Crippen LogP contribution >= 0.6 is 0 Å². The van der Waals surface area contributed by atoms with Gasteiger partial charge in [-0.3, -0.25) is 4.79 Å². The molecule has 0 bridgehead atoms. The molecule has 0 aliphatic heterocycles. The topological polar surface area (TPSA) is 75.3 Å². The second-order valence-electron chi connectivity index (χ2n) is 8.02. The second-order valence-corrected chi connectivity index (χ2v) is 9.79. The minimum Gasteiger partial charge on any atom is -0.350 e. The Balaban J connectivity index is 2.79. The summed E-state index contributed by atoms with van der Waals surface area (Å²) in [5, 5.41) is 2.73. The van der Waals surface area contributed by atoms with Crippen LogP contribution in [0.2, 0.25) is 0 Å². The van der Waals surface area contributed by atoms with Crippen molar-refractivity contribution in [3.63, 3.8) is 0 Å². The third kappa shape index (κ3) is 7.33. The van der Waals surface area contributed by atoms with Gasteiger partial charge in [-0.2, -0.15) is 13.2 Å². The van der Waals surface area contributed by atoms with Gasteiger partial charge in [0.05, 0.1) is 17.0 Å². The molecule has 26 heavy (non-hydrogen) atoms. The fourth-order valence-electron chi connectivity index (χ4n) is 2.88. The SMILES string of the molecule is CC(C)(C)CC(C)(C)NC(=O)CNS(=O)(=O)c1cccc(C(F)(F)F)c1. The first-order valence-corrected chi connectivity index (χ1v) is 9.48. The quantitative estimate of drug-likeness (QED) is 0.777. The van der Waals surface area contributed by atoms with Gasteiger partial charge in [-0.25, -0.2) is 13.1 Å². The number of halogens is 3. The maximum atomic E-state index is 12.7. The first-order valence-electron chi connectivity index (χ1n) is 8.00. The molecule has 9 heteroatoms. The van der Waals surface area contributed by atoms with E-state index in [1.165, 1.54) is 0 Å². The number of hydrogen-bond acceptors (Lipinski definition) is 3. The molecule has 5 nitrogen and oxygen atoms in total. The predicted octanol–water partition coefficient (Wildman–Crippen LogP) is 3.31. The minimum atomic E-state index is -4.65. The molecule has 0 unspecified atom stereocenters. The zero-order valence-electron chi connectivity index (χ0n) is 15.5. The van der Waals surface area contributed by atoms with Gasteiger partial charge >= 0.3 is 6.18 Å². The Bertz CT molecular complexity index is 751. The van der Waals surface area contributed by atoms with Crippen molar-refractivity contribution in [3.05, 3.63) is 29.8 Å². The van der Waals surface area contributed by atoms with Crippen molar-refractivity contribution >= 4 is 15.9 Å². The molecule has 0 aromatic heterocycles. The summed E-state index contributed by atoms with van der Waals surface area (Å²) in [6.07, 6.45) is -3.99. The summed E-state index contributed by atoms with van der Waals surface area (Å²) in [6.45, 7) is 9.10. The number of alkyl halides is 3. The zero-order valence-corrected chi connectivity index (χ0v) is 16.3. The normalized spacial score (nSPS) is 13.5. The molecule has 0 fully saturated rings.